The van der Waals surface area contributed by atoms with Crippen LogP contribution in [0.5, 0.6) is 0 Å². The van der Waals surface area contributed by atoms with E-state index in [1.807, 2.05) is 0 Å². The molecule has 1 fully saturated rings. The van der Waals surface area contributed by atoms with E-state index >= 15 is 0 Å². The molecule has 0 atom stereocenters. The van der Waals surface area contributed by atoms with Crippen LogP contribution in [0, 0.1) is 21.7 Å². The minimum atomic E-state index is -1.20. The number of nitro benzene ring substituents is 1. The Bertz CT molecular complexity index is 503. The van der Waals surface area contributed by atoms with Crippen LogP contribution in [0.15, 0.2) is 12.1 Å². The van der Waals surface area contributed by atoms with Crippen LogP contribution in [0.4, 0.5) is 20.2 Å². The number of methoxy groups -OCH3 is 1. The average molecular weight is 286 g/mol. The second-order valence-electron chi connectivity index (χ2n) is 4.87. The molecule has 0 amide bonds. The highest BCUT2D eigenvalue weighted by Crippen LogP contribution is 2.32. The lowest BCUT2D eigenvalue weighted by Gasteiger charge is -2.28. The number of ether oxygens (including phenoxy) is 1. The fraction of sp³-hybridized carbons (Fsp3) is 0.538. The van der Waals surface area contributed by atoms with Crippen molar-refractivity contribution < 1.29 is 18.4 Å². The highest BCUT2D eigenvalue weighted by Gasteiger charge is 2.26. The van der Waals surface area contributed by atoms with Gasteiger partial charge in [-0.1, -0.05) is 0 Å². The minimum absolute atomic E-state index is 0.114. The van der Waals surface area contributed by atoms with E-state index in [0.29, 0.717) is 12.8 Å². The summed E-state index contributed by atoms with van der Waals surface area (Å²) < 4.78 is 32.2. The second-order valence-corrected chi connectivity index (χ2v) is 4.87. The van der Waals surface area contributed by atoms with Gasteiger partial charge in [-0.3, -0.25) is 10.1 Å². The topological polar surface area (TPSA) is 64.4 Å². The summed E-state index contributed by atoms with van der Waals surface area (Å²) in [5, 5.41) is 13.7. The van der Waals surface area contributed by atoms with Crippen molar-refractivity contribution in [2.24, 2.45) is 0 Å². The molecule has 7 heteroatoms. The molecule has 1 aromatic rings. The lowest BCUT2D eigenvalue weighted by Crippen LogP contribution is -2.29. The maximum Gasteiger partial charge on any atom is 0.295 e. The molecular formula is C13H16F2N2O3. The van der Waals surface area contributed by atoms with Gasteiger partial charge < -0.3 is 10.1 Å². The first kappa shape index (κ1) is 14.6. The number of rotatable bonds is 4. The van der Waals surface area contributed by atoms with Crippen molar-refractivity contribution in [3.63, 3.8) is 0 Å². The summed E-state index contributed by atoms with van der Waals surface area (Å²) in [6.45, 7) is 0. The molecule has 0 radical (unpaired) electrons. The number of hydrogen-bond donors (Lipinski definition) is 1. The van der Waals surface area contributed by atoms with Gasteiger partial charge in [0.15, 0.2) is 17.3 Å². The molecular weight excluding hydrogens is 270 g/mol. The molecule has 1 N–H and O–H groups in total. The number of halogens is 2. The highest BCUT2D eigenvalue weighted by atomic mass is 19.2. The summed E-state index contributed by atoms with van der Waals surface area (Å²) in [5.74, 6) is -2.29. The molecule has 110 valence electrons. The SMILES string of the molecule is COC1CCC(Nc2c([N+](=O)[O-])ccc(F)c2F)CC1. The van der Waals surface area contributed by atoms with Crippen LogP contribution in [-0.2, 0) is 4.74 Å². The van der Waals surface area contributed by atoms with Gasteiger partial charge in [-0.2, -0.15) is 0 Å². The van der Waals surface area contributed by atoms with Crippen LogP contribution in [-0.4, -0.2) is 24.2 Å². The first-order valence-electron chi connectivity index (χ1n) is 6.44. The number of nitrogens with one attached hydrogen (secondary N) is 1. The van der Waals surface area contributed by atoms with E-state index in [4.69, 9.17) is 4.74 Å². The molecule has 0 aliphatic heterocycles. The van der Waals surface area contributed by atoms with E-state index in [-0.39, 0.29) is 17.8 Å². The van der Waals surface area contributed by atoms with Gasteiger partial charge in [-0.15, -0.1) is 0 Å². The van der Waals surface area contributed by atoms with Gasteiger partial charge in [0.2, 0.25) is 0 Å². The molecule has 0 unspecified atom stereocenters. The van der Waals surface area contributed by atoms with Crippen LogP contribution in [0.1, 0.15) is 25.7 Å². The quantitative estimate of drug-likeness (QED) is 0.681. The van der Waals surface area contributed by atoms with Gasteiger partial charge in [0.05, 0.1) is 11.0 Å². The first-order chi connectivity index (χ1) is 9.52. The van der Waals surface area contributed by atoms with Crippen molar-refractivity contribution in [3.05, 3.63) is 33.9 Å². The summed E-state index contributed by atoms with van der Waals surface area (Å²) in [6, 6.07) is 1.62. The lowest BCUT2D eigenvalue weighted by atomic mass is 9.92. The van der Waals surface area contributed by atoms with E-state index < -0.39 is 22.2 Å². The summed E-state index contributed by atoms with van der Waals surface area (Å²) >= 11 is 0. The predicted octanol–water partition coefficient (Wildman–Crippen LogP) is 3.24. The number of anilines is 1. The van der Waals surface area contributed by atoms with Gasteiger partial charge in [0, 0.05) is 19.2 Å². The second kappa shape index (κ2) is 6.13. The summed E-state index contributed by atoms with van der Waals surface area (Å²) in [6.07, 6.45) is 3.15. The third kappa shape index (κ3) is 3.04. The molecule has 0 aromatic heterocycles. The third-order valence-corrected chi connectivity index (χ3v) is 3.63. The van der Waals surface area contributed by atoms with Gasteiger partial charge in [0.1, 0.15) is 0 Å². The minimum Gasteiger partial charge on any atom is -0.381 e. The van der Waals surface area contributed by atoms with Crippen LogP contribution in [0.2, 0.25) is 0 Å². The molecule has 2 rings (SSSR count). The largest absolute Gasteiger partial charge is 0.381 e. The Balaban J connectivity index is 2.16. The summed E-state index contributed by atoms with van der Waals surface area (Å²) in [7, 11) is 1.63. The molecule has 1 saturated carbocycles. The standard InChI is InChI=1S/C13H16F2N2O3/c1-20-9-4-2-8(3-5-9)16-13-11(17(18)19)7-6-10(14)12(13)15/h6-9,16H,2-5H2,1H3. The number of nitrogens with zero attached hydrogens (tertiary/aromatic N) is 1. The van der Waals surface area contributed by atoms with Crippen molar-refractivity contribution in [2.45, 2.75) is 37.8 Å². The molecule has 20 heavy (non-hydrogen) atoms. The van der Waals surface area contributed by atoms with Crippen molar-refractivity contribution in [1.29, 1.82) is 0 Å². The zero-order valence-electron chi connectivity index (χ0n) is 11.1. The van der Waals surface area contributed by atoms with Crippen molar-refractivity contribution >= 4 is 11.4 Å². The van der Waals surface area contributed by atoms with Crippen LogP contribution in [0.25, 0.3) is 0 Å². The smallest absolute Gasteiger partial charge is 0.295 e. The van der Waals surface area contributed by atoms with Gasteiger partial charge in [0.25, 0.3) is 5.69 Å². The maximum absolute atomic E-state index is 13.8. The van der Waals surface area contributed by atoms with E-state index in [0.717, 1.165) is 25.0 Å². The fourth-order valence-electron chi connectivity index (χ4n) is 2.48. The Morgan fingerprint density at radius 3 is 2.50 bits per heavy atom. The van der Waals surface area contributed by atoms with Crippen molar-refractivity contribution in [2.75, 3.05) is 12.4 Å². The van der Waals surface area contributed by atoms with E-state index in [1.54, 1.807) is 7.11 Å². The zero-order valence-corrected chi connectivity index (χ0v) is 11.1. The van der Waals surface area contributed by atoms with Crippen molar-refractivity contribution in [3.8, 4) is 0 Å². The maximum atomic E-state index is 13.8. The first-order valence-corrected chi connectivity index (χ1v) is 6.44. The molecule has 1 aliphatic carbocycles. The summed E-state index contributed by atoms with van der Waals surface area (Å²) in [5.41, 5.74) is -0.811. The van der Waals surface area contributed by atoms with Gasteiger partial charge >= 0.3 is 0 Å². The Morgan fingerprint density at radius 2 is 1.95 bits per heavy atom. The van der Waals surface area contributed by atoms with Crippen molar-refractivity contribution in [1.82, 2.24) is 0 Å². The summed E-state index contributed by atoms with van der Waals surface area (Å²) in [4.78, 5) is 10.2. The van der Waals surface area contributed by atoms with Gasteiger partial charge in [-0.05, 0) is 31.7 Å². The van der Waals surface area contributed by atoms with Crippen LogP contribution in [0.3, 0.4) is 0 Å². The number of nitro groups is 1. The van der Waals surface area contributed by atoms with E-state index in [2.05, 4.69) is 5.32 Å². The molecule has 5 nitrogen and oxygen atoms in total. The normalized spacial score (nSPS) is 22.6. The average Bonchev–Trinajstić information content (AvgIpc) is 2.44. The Labute approximate surface area is 115 Å². The fourth-order valence-corrected chi connectivity index (χ4v) is 2.48. The molecule has 0 heterocycles. The van der Waals surface area contributed by atoms with Crippen LogP contribution < -0.4 is 5.32 Å². The Hall–Kier alpha value is -1.76. The molecule has 1 aliphatic rings. The lowest BCUT2D eigenvalue weighted by molar-refractivity contribution is -0.384. The number of benzene rings is 1. The Kier molecular flexibility index (Phi) is 4.49. The third-order valence-electron chi connectivity index (χ3n) is 3.63. The molecule has 0 saturated heterocycles. The molecule has 0 spiro atoms. The molecule has 1 aromatic carbocycles. The zero-order chi connectivity index (χ0) is 14.7. The van der Waals surface area contributed by atoms with Gasteiger partial charge in [-0.25, -0.2) is 8.78 Å². The molecule has 0 bridgehead atoms. The van der Waals surface area contributed by atoms with E-state index in [1.165, 1.54) is 0 Å². The Morgan fingerprint density at radius 1 is 1.30 bits per heavy atom. The monoisotopic (exact) mass is 286 g/mol. The predicted molar refractivity (Wildman–Crippen MR) is 69.7 cm³/mol. The highest BCUT2D eigenvalue weighted by molar-refractivity contribution is 5.63. The van der Waals surface area contributed by atoms with E-state index in [9.17, 15) is 18.9 Å². The van der Waals surface area contributed by atoms with Crippen LogP contribution >= 0.6 is 0 Å². The number of hydrogen-bond acceptors (Lipinski definition) is 4.